The molecule has 8 atom stereocenters. The molecule has 1 heterocycles. The number of hydrogen-bond acceptors (Lipinski definition) is 3. The summed E-state index contributed by atoms with van der Waals surface area (Å²) in [5, 5.41) is 17.0. The number of aliphatic hydroxyl groups is 1. The van der Waals surface area contributed by atoms with E-state index in [1.54, 1.807) is 5.57 Å². The summed E-state index contributed by atoms with van der Waals surface area (Å²) in [6.07, 6.45) is 13.6. The van der Waals surface area contributed by atoms with Crippen LogP contribution < -0.4 is 10.6 Å². The molecule has 5 aliphatic rings. The van der Waals surface area contributed by atoms with Gasteiger partial charge in [-0.05, 0) is 99.3 Å². The highest BCUT2D eigenvalue weighted by Crippen LogP contribution is 2.64. The van der Waals surface area contributed by atoms with Crippen LogP contribution in [-0.4, -0.2) is 35.7 Å². The number of carbonyl (C=O) groups is 1. The minimum atomic E-state index is -0.125. The molecule has 3 saturated carbocycles. The van der Waals surface area contributed by atoms with Gasteiger partial charge < -0.3 is 15.7 Å². The number of amides is 1. The standard InChI is InChI=1S/C24H38N2O2/c1-23-11-9-16(27)14-15(23)5-6-17-18-7-8-21(24(18,2)12-10-19(17)23)26-22(28)20-4-3-13-25-20/h5,16-21,25,27H,3-4,6-14H2,1-2H3,(H,26,28)/t16-,17-,18-,19-,20?,21-,23-,24-/m0/s1. The molecule has 156 valence electrons. The van der Waals surface area contributed by atoms with Gasteiger partial charge in [0, 0.05) is 6.04 Å². The average molecular weight is 387 g/mol. The lowest BCUT2D eigenvalue weighted by molar-refractivity contribution is -0.125. The number of carbonyl (C=O) groups excluding carboxylic acids is 1. The molecule has 4 fully saturated rings. The van der Waals surface area contributed by atoms with Crippen LogP contribution in [0.5, 0.6) is 0 Å². The fourth-order valence-electron chi connectivity index (χ4n) is 8.06. The van der Waals surface area contributed by atoms with Crippen molar-refractivity contribution in [2.75, 3.05) is 6.54 Å². The van der Waals surface area contributed by atoms with Crippen LogP contribution in [0.1, 0.15) is 78.1 Å². The predicted octanol–water partition coefficient (Wildman–Crippen LogP) is 3.55. The molecule has 4 heteroatoms. The molecule has 3 N–H and O–H groups in total. The zero-order valence-electron chi connectivity index (χ0n) is 17.7. The van der Waals surface area contributed by atoms with Crippen molar-refractivity contribution in [2.24, 2.45) is 28.6 Å². The third-order valence-corrected chi connectivity index (χ3v) is 9.77. The van der Waals surface area contributed by atoms with Crippen LogP contribution in [-0.2, 0) is 4.79 Å². The number of fused-ring (bicyclic) bond motifs is 5. The van der Waals surface area contributed by atoms with Gasteiger partial charge in [0.1, 0.15) is 0 Å². The molecule has 1 unspecified atom stereocenters. The monoisotopic (exact) mass is 386 g/mol. The van der Waals surface area contributed by atoms with E-state index < -0.39 is 0 Å². The highest BCUT2D eigenvalue weighted by Gasteiger charge is 2.58. The van der Waals surface area contributed by atoms with Gasteiger partial charge in [0.15, 0.2) is 0 Å². The molecule has 28 heavy (non-hydrogen) atoms. The van der Waals surface area contributed by atoms with E-state index in [9.17, 15) is 9.90 Å². The zero-order valence-corrected chi connectivity index (χ0v) is 17.7. The Morgan fingerprint density at radius 2 is 2.00 bits per heavy atom. The van der Waals surface area contributed by atoms with Gasteiger partial charge in [-0.2, -0.15) is 0 Å². The van der Waals surface area contributed by atoms with Crippen LogP contribution in [0.4, 0.5) is 0 Å². The Hall–Kier alpha value is -0.870. The highest BCUT2D eigenvalue weighted by atomic mass is 16.3. The lowest BCUT2D eigenvalue weighted by Gasteiger charge is -2.58. The average Bonchev–Trinajstić information content (AvgIpc) is 3.31. The maximum Gasteiger partial charge on any atom is 0.237 e. The lowest BCUT2D eigenvalue weighted by atomic mass is 9.48. The molecule has 1 aliphatic heterocycles. The van der Waals surface area contributed by atoms with Gasteiger partial charge in [0.2, 0.25) is 5.91 Å². The van der Waals surface area contributed by atoms with E-state index in [1.807, 2.05) is 0 Å². The van der Waals surface area contributed by atoms with Crippen LogP contribution in [0.3, 0.4) is 0 Å². The Labute approximate surface area is 169 Å². The Bertz CT molecular complexity index is 670. The van der Waals surface area contributed by atoms with Gasteiger partial charge in [0.25, 0.3) is 0 Å². The summed E-state index contributed by atoms with van der Waals surface area (Å²) in [6.45, 7) is 5.94. The van der Waals surface area contributed by atoms with E-state index in [4.69, 9.17) is 0 Å². The van der Waals surface area contributed by atoms with Crippen molar-refractivity contribution in [1.82, 2.24) is 10.6 Å². The normalized spacial score (nSPS) is 50.3. The molecule has 0 aromatic carbocycles. The molecule has 1 saturated heterocycles. The predicted molar refractivity (Wildman–Crippen MR) is 111 cm³/mol. The first kappa shape index (κ1) is 19.1. The molecular weight excluding hydrogens is 348 g/mol. The van der Waals surface area contributed by atoms with Gasteiger partial charge in [0.05, 0.1) is 12.1 Å². The van der Waals surface area contributed by atoms with Crippen molar-refractivity contribution < 1.29 is 9.90 Å². The maximum atomic E-state index is 12.8. The number of nitrogens with one attached hydrogen (secondary N) is 2. The smallest absolute Gasteiger partial charge is 0.237 e. The van der Waals surface area contributed by atoms with E-state index in [1.165, 1.54) is 25.7 Å². The van der Waals surface area contributed by atoms with Gasteiger partial charge >= 0.3 is 0 Å². The molecule has 0 spiro atoms. The Kier molecular flexibility index (Phi) is 4.67. The third-order valence-electron chi connectivity index (χ3n) is 9.77. The second-order valence-electron chi connectivity index (χ2n) is 11.0. The maximum absolute atomic E-state index is 12.8. The van der Waals surface area contributed by atoms with Crippen molar-refractivity contribution in [3.8, 4) is 0 Å². The minimum Gasteiger partial charge on any atom is -0.393 e. The minimum absolute atomic E-state index is 0.0340. The van der Waals surface area contributed by atoms with Gasteiger partial charge in [-0.15, -0.1) is 0 Å². The van der Waals surface area contributed by atoms with Crippen LogP contribution in [0.2, 0.25) is 0 Å². The molecular formula is C24H38N2O2. The number of aliphatic hydroxyl groups excluding tert-OH is 1. The second kappa shape index (κ2) is 6.84. The highest BCUT2D eigenvalue weighted by molar-refractivity contribution is 5.82. The van der Waals surface area contributed by atoms with Crippen LogP contribution in [0.15, 0.2) is 11.6 Å². The Morgan fingerprint density at radius 3 is 2.79 bits per heavy atom. The summed E-state index contributed by atoms with van der Waals surface area (Å²) < 4.78 is 0. The lowest BCUT2D eigenvalue weighted by Crippen LogP contribution is -2.55. The van der Waals surface area contributed by atoms with E-state index >= 15 is 0 Å². The molecule has 0 bridgehead atoms. The summed E-state index contributed by atoms with van der Waals surface area (Å²) >= 11 is 0. The third kappa shape index (κ3) is 2.81. The summed E-state index contributed by atoms with van der Waals surface area (Å²) in [5.74, 6) is 2.50. The summed E-state index contributed by atoms with van der Waals surface area (Å²) in [4.78, 5) is 12.8. The van der Waals surface area contributed by atoms with E-state index in [0.29, 0.717) is 11.5 Å². The first-order valence-corrected chi connectivity index (χ1v) is 11.8. The van der Waals surface area contributed by atoms with Gasteiger partial charge in [-0.3, -0.25) is 4.79 Å². The van der Waals surface area contributed by atoms with Crippen molar-refractivity contribution in [2.45, 2.75) is 96.2 Å². The molecule has 4 aliphatic carbocycles. The van der Waals surface area contributed by atoms with Crippen LogP contribution in [0.25, 0.3) is 0 Å². The summed E-state index contributed by atoms with van der Waals surface area (Å²) in [5.41, 5.74) is 2.11. The number of rotatable bonds is 2. The van der Waals surface area contributed by atoms with Gasteiger partial charge in [-0.1, -0.05) is 25.5 Å². The molecule has 5 rings (SSSR count). The summed E-state index contributed by atoms with van der Waals surface area (Å²) in [6, 6.07) is 0.381. The number of allylic oxidation sites excluding steroid dienone is 1. The fraction of sp³-hybridized carbons (Fsp3) is 0.875. The first-order chi connectivity index (χ1) is 13.4. The topological polar surface area (TPSA) is 61.4 Å². The summed E-state index contributed by atoms with van der Waals surface area (Å²) in [7, 11) is 0. The first-order valence-electron chi connectivity index (χ1n) is 11.8. The van der Waals surface area contributed by atoms with Crippen molar-refractivity contribution in [3.63, 3.8) is 0 Å². The zero-order chi connectivity index (χ0) is 19.5. The largest absolute Gasteiger partial charge is 0.393 e. The molecule has 4 nitrogen and oxygen atoms in total. The van der Waals surface area contributed by atoms with E-state index in [-0.39, 0.29) is 23.5 Å². The molecule has 1 amide bonds. The second-order valence-corrected chi connectivity index (χ2v) is 11.0. The van der Waals surface area contributed by atoms with Crippen molar-refractivity contribution in [1.29, 1.82) is 0 Å². The Morgan fingerprint density at radius 1 is 1.14 bits per heavy atom. The SMILES string of the molecule is C[C@]12CC[C@H]3[C@@H](CC=C4C[C@@H](O)CC[C@@]43C)[C@@H]1CC[C@@H]2NC(=O)C1CCCN1. The van der Waals surface area contributed by atoms with Crippen LogP contribution >= 0.6 is 0 Å². The van der Waals surface area contributed by atoms with E-state index in [2.05, 4.69) is 30.6 Å². The van der Waals surface area contributed by atoms with Crippen molar-refractivity contribution in [3.05, 3.63) is 11.6 Å². The fourth-order valence-corrected chi connectivity index (χ4v) is 8.06. The van der Waals surface area contributed by atoms with Crippen LogP contribution in [0, 0.1) is 28.6 Å². The van der Waals surface area contributed by atoms with E-state index in [0.717, 1.165) is 62.8 Å². The number of hydrogen-bond donors (Lipinski definition) is 3. The molecule has 0 aromatic heterocycles. The molecule has 0 aromatic rings. The Balaban J connectivity index is 1.34. The molecule has 0 radical (unpaired) electrons. The quantitative estimate of drug-likeness (QED) is 0.636. The van der Waals surface area contributed by atoms with Gasteiger partial charge in [-0.25, -0.2) is 0 Å². The van der Waals surface area contributed by atoms with Crippen molar-refractivity contribution >= 4 is 5.91 Å².